The normalized spacial score (nSPS) is 16.8. The fourth-order valence-electron chi connectivity index (χ4n) is 6.63. The van der Waals surface area contributed by atoms with Crippen LogP contribution in [-0.4, -0.2) is 23.0 Å². The van der Waals surface area contributed by atoms with Crippen LogP contribution >= 0.6 is 0 Å². The van der Waals surface area contributed by atoms with Gasteiger partial charge in [0.05, 0.1) is 18.1 Å². The van der Waals surface area contributed by atoms with E-state index in [4.69, 9.17) is 9.41 Å². The molecule has 2 atom stereocenters. The van der Waals surface area contributed by atoms with Gasteiger partial charge in [0, 0.05) is 6.20 Å². The largest absolute Gasteiger partial charge is 0.410 e. The molecule has 1 aliphatic carbocycles. The zero-order chi connectivity index (χ0) is 32.0. The van der Waals surface area contributed by atoms with Crippen molar-refractivity contribution in [3.63, 3.8) is 0 Å². The van der Waals surface area contributed by atoms with Gasteiger partial charge >= 0.3 is 0 Å². The predicted molar refractivity (Wildman–Crippen MR) is 181 cm³/mol. The van der Waals surface area contributed by atoms with Crippen LogP contribution in [0.4, 0.5) is 4.39 Å². The monoisotopic (exact) mass is 618 g/mol. The van der Waals surface area contributed by atoms with Crippen molar-refractivity contribution in [1.29, 1.82) is 0 Å². The van der Waals surface area contributed by atoms with Crippen LogP contribution in [0.15, 0.2) is 116 Å². The van der Waals surface area contributed by atoms with E-state index < -0.39 is 19.5 Å². The number of hydrogen-bond donors (Lipinski definition) is 1. The number of rotatable bonds is 8. The fraction of sp³-hybridized carbons (Fsp3) is 0.308. The second-order valence-electron chi connectivity index (χ2n) is 14.0. The molecule has 0 radical (unpaired) electrons. The Bertz CT molecular complexity index is 1680. The highest BCUT2D eigenvalue weighted by atomic mass is 28.4. The van der Waals surface area contributed by atoms with Crippen molar-refractivity contribution in [1.82, 2.24) is 9.55 Å². The van der Waals surface area contributed by atoms with Crippen LogP contribution in [0.2, 0.25) is 18.1 Å². The Morgan fingerprint density at radius 3 is 1.82 bits per heavy atom. The molecule has 1 heterocycles. The van der Waals surface area contributed by atoms with Crippen molar-refractivity contribution in [2.24, 2.45) is 0 Å². The minimum absolute atomic E-state index is 0.0207. The van der Waals surface area contributed by atoms with Crippen molar-refractivity contribution < 1.29 is 13.9 Å². The summed E-state index contributed by atoms with van der Waals surface area (Å²) < 4.78 is 24.2. The highest BCUT2D eigenvalue weighted by Gasteiger charge is 2.44. The quantitative estimate of drug-likeness (QED) is 0.139. The standard InChI is InChI=1S/C39H43FN2O2Si/c1-37(2,3)45(5,6)44-34-23-22-28-24-32(40)25-33(36(28)34)38(4,43)35-26-42(27-41-35)39(29-16-10-7-11-17-29,30-18-12-8-13-19-30)31-20-14-9-15-21-31/h7-21,24-27,34,43H,22-23H2,1-6H3. The van der Waals surface area contributed by atoms with Gasteiger partial charge in [-0.1, -0.05) is 112 Å². The molecule has 0 bridgehead atoms. The molecule has 45 heavy (non-hydrogen) atoms. The lowest BCUT2D eigenvalue weighted by Gasteiger charge is -2.39. The molecule has 1 aromatic heterocycles. The van der Waals surface area contributed by atoms with Crippen LogP contribution in [0.5, 0.6) is 0 Å². The topological polar surface area (TPSA) is 47.3 Å². The molecule has 0 amide bonds. The van der Waals surface area contributed by atoms with E-state index in [1.165, 1.54) is 6.07 Å². The number of hydrogen-bond acceptors (Lipinski definition) is 3. The van der Waals surface area contributed by atoms with E-state index >= 15 is 4.39 Å². The lowest BCUT2D eigenvalue weighted by atomic mass is 9.76. The highest BCUT2D eigenvalue weighted by Crippen LogP contribution is 2.48. The number of nitrogens with zero attached hydrogens (tertiary/aromatic N) is 2. The molecule has 5 aromatic rings. The molecular weight excluding hydrogens is 576 g/mol. The Labute approximate surface area is 267 Å². The third-order valence-corrected chi connectivity index (χ3v) is 14.5. The molecule has 6 rings (SSSR count). The molecule has 2 unspecified atom stereocenters. The third kappa shape index (κ3) is 5.39. The van der Waals surface area contributed by atoms with Gasteiger partial charge in [-0.05, 0) is 83.4 Å². The first kappa shape index (κ1) is 31.2. The van der Waals surface area contributed by atoms with Crippen LogP contribution in [0.25, 0.3) is 0 Å². The third-order valence-electron chi connectivity index (χ3n) is 10.0. The molecule has 0 aliphatic heterocycles. The number of aromatic nitrogens is 2. The summed E-state index contributed by atoms with van der Waals surface area (Å²) in [4.78, 5) is 4.86. The lowest BCUT2D eigenvalue weighted by Crippen LogP contribution is -2.42. The number of halogens is 1. The Morgan fingerprint density at radius 1 is 0.822 bits per heavy atom. The smallest absolute Gasteiger partial charge is 0.192 e. The second kappa shape index (κ2) is 11.5. The van der Waals surface area contributed by atoms with Crippen LogP contribution < -0.4 is 0 Å². The summed E-state index contributed by atoms with van der Waals surface area (Å²) in [7, 11) is -2.14. The number of benzene rings is 4. The molecule has 0 spiro atoms. The number of imidazole rings is 1. The Hall–Kier alpha value is -3.84. The van der Waals surface area contributed by atoms with Crippen molar-refractivity contribution in [2.45, 2.75) is 75.9 Å². The first-order chi connectivity index (χ1) is 21.4. The Morgan fingerprint density at radius 2 is 1.33 bits per heavy atom. The van der Waals surface area contributed by atoms with Crippen molar-refractivity contribution in [2.75, 3.05) is 0 Å². The molecule has 1 aliphatic rings. The van der Waals surface area contributed by atoms with Gasteiger partial charge in [-0.3, -0.25) is 0 Å². The van der Waals surface area contributed by atoms with Gasteiger partial charge in [0.25, 0.3) is 0 Å². The highest BCUT2D eigenvalue weighted by molar-refractivity contribution is 6.74. The van der Waals surface area contributed by atoms with Crippen LogP contribution in [-0.2, 0) is 22.0 Å². The number of aryl methyl sites for hydroxylation is 1. The molecule has 4 nitrogen and oxygen atoms in total. The van der Waals surface area contributed by atoms with Crippen LogP contribution in [0.1, 0.15) is 79.3 Å². The average Bonchev–Trinajstić information content (AvgIpc) is 3.67. The van der Waals surface area contributed by atoms with Gasteiger partial charge in [-0.15, -0.1) is 0 Å². The van der Waals surface area contributed by atoms with Crippen LogP contribution in [0.3, 0.4) is 0 Å². The summed E-state index contributed by atoms with van der Waals surface area (Å²) in [5.74, 6) is -0.358. The molecule has 1 N–H and O–H groups in total. The van der Waals surface area contributed by atoms with Crippen LogP contribution in [0, 0.1) is 5.82 Å². The maximum atomic E-state index is 15.2. The Kier molecular flexibility index (Phi) is 7.96. The maximum Gasteiger partial charge on any atom is 0.192 e. The van der Waals surface area contributed by atoms with E-state index in [1.807, 2.05) is 60.8 Å². The molecule has 6 heteroatoms. The molecular formula is C39H43FN2O2Si. The number of aliphatic hydroxyl groups is 1. The maximum absolute atomic E-state index is 15.2. The Balaban J connectivity index is 1.52. The van der Waals surface area contributed by atoms with Crippen molar-refractivity contribution in [3.8, 4) is 0 Å². The average molecular weight is 619 g/mol. The summed E-state index contributed by atoms with van der Waals surface area (Å²) in [5, 5.41) is 12.4. The SMILES string of the molecule is CC(O)(c1cn(C(c2ccccc2)(c2ccccc2)c2ccccc2)cn1)c1cc(F)cc2c1C(O[Si](C)(C)C(C)(C)C)CC2. The summed E-state index contributed by atoms with van der Waals surface area (Å²) >= 11 is 0. The molecule has 4 aromatic carbocycles. The van der Waals surface area contributed by atoms with Gasteiger partial charge in [0.15, 0.2) is 8.32 Å². The zero-order valence-corrected chi connectivity index (χ0v) is 28.1. The summed E-state index contributed by atoms with van der Waals surface area (Å²) in [6, 6.07) is 34.1. The minimum atomic E-state index is -2.14. The zero-order valence-electron chi connectivity index (χ0n) is 27.1. The van der Waals surface area contributed by atoms with E-state index in [-0.39, 0.29) is 17.0 Å². The minimum Gasteiger partial charge on any atom is -0.410 e. The number of fused-ring (bicyclic) bond motifs is 1. The molecule has 0 saturated carbocycles. The van der Waals surface area contributed by atoms with Gasteiger partial charge in [0.1, 0.15) is 17.0 Å². The summed E-state index contributed by atoms with van der Waals surface area (Å²) in [5.41, 5.74) is 3.59. The van der Waals surface area contributed by atoms with E-state index in [1.54, 1.807) is 19.3 Å². The molecule has 0 fully saturated rings. The van der Waals surface area contributed by atoms with E-state index in [0.717, 1.165) is 34.2 Å². The lowest BCUT2D eigenvalue weighted by molar-refractivity contribution is 0.0919. The molecule has 232 valence electrons. The predicted octanol–water partition coefficient (Wildman–Crippen LogP) is 9.13. The van der Waals surface area contributed by atoms with Gasteiger partial charge < -0.3 is 14.1 Å². The van der Waals surface area contributed by atoms with Crippen molar-refractivity contribution >= 4 is 8.32 Å². The van der Waals surface area contributed by atoms with E-state index in [2.05, 4.69) is 74.8 Å². The summed E-state index contributed by atoms with van der Waals surface area (Å²) in [6.45, 7) is 12.9. The van der Waals surface area contributed by atoms with Gasteiger partial charge in [-0.25, -0.2) is 9.37 Å². The first-order valence-electron chi connectivity index (χ1n) is 15.8. The molecule has 0 saturated heterocycles. The van der Waals surface area contributed by atoms with E-state index in [0.29, 0.717) is 17.7 Å². The second-order valence-corrected chi connectivity index (χ2v) is 18.7. The summed E-state index contributed by atoms with van der Waals surface area (Å²) in [6.07, 6.45) is 4.98. The van der Waals surface area contributed by atoms with Crippen molar-refractivity contribution in [3.05, 3.63) is 161 Å². The fourth-order valence-corrected chi connectivity index (χ4v) is 7.93. The van der Waals surface area contributed by atoms with E-state index in [9.17, 15) is 5.11 Å². The first-order valence-corrected chi connectivity index (χ1v) is 18.7. The van der Waals surface area contributed by atoms with Gasteiger partial charge in [-0.2, -0.15) is 0 Å². The van der Waals surface area contributed by atoms with Gasteiger partial charge in [0.2, 0.25) is 0 Å².